The summed E-state index contributed by atoms with van der Waals surface area (Å²) in [4.78, 5) is 28.5. The molecule has 0 saturated carbocycles. The highest BCUT2D eigenvalue weighted by molar-refractivity contribution is 8.04. The molecule has 2 aromatic heterocycles. The smallest absolute Gasteiger partial charge is 0.358 e. The van der Waals surface area contributed by atoms with Crippen LogP contribution in [0.15, 0.2) is 44.1 Å². The van der Waals surface area contributed by atoms with Crippen molar-refractivity contribution in [2.24, 2.45) is 0 Å². The van der Waals surface area contributed by atoms with Crippen molar-refractivity contribution < 1.29 is 9.85 Å². The molecule has 2 aromatic rings. The highest BCUT2D eigenvalue weighted by Gasteiger charge is 2.24. The van der Waals surface area contributed by atoms with Gasteiger partial charge in [0.15, 0.2) is 0 Å². The maximum Gasteiger partial charge on any atom is 0.378 e. The van der Waals surface area contributed by atoms with E-state index in [2.05, 4.69) is 9.97 Å². The van der Waals surface area contributed by atoms with Gasteiger partial charge in [-0.2, -0.15) is 10.5 Å². The Morgan fingerprint density at radius 2 is 1.24 bits per heavy atom. The van der Waals surface area contributed by atoms with E-state index in [-0.39, 0.29) is 19.8 Å². The van der Waals surface area contributed by atoms with Crippen molar-refractivity contribution in [2.45, 2.75) is 19.8 Å². The Morgan fingerprint density at radius 1 is 0.840 bits per heavy atom. The molecule has 10 nitrogen and oxygen atoms in total. The lowest BCUT2D eigenvalue weighted by Gasteiger charge is -2.04. The Kier molecular flexibility index (Phi) is 6.13. The number of nitrogens with zero attached hydrogens (tertiary/aromatic N) is 6. The monoisotopic (exact) mass is 392 g/mol. The van der Waals surface area contributed by atoms with Gasteiger partial charge >= 0.3 is 11.6 Å². The molecule has 124 valence electrons. The highest BCUT2D eigenvalue weighted by atomic mass is 32.2. The summed E-state index contributed by atoms with van der Waals surface area (Å²) >= 11 is 2.09. The van der Waals surface area contributed by atoms with Crippen molar-refractivity contribution in [1.29, 1.82) is 10.5 Å². The zero-order valence-corrected chi connectivity index (χ0v) is 14.3. The van der Waals surface area contributed by atoms with E-state index in [4.69, 9.17) is 10.5 Å². The molecule has 0 aliphatic heterocycles. The number of rotatable bonds is 6. The molecule has 0 amide bonds. The van der Waals surface area contributed by atoms with E-state index in [9.17, 15) is 20.2 Å². The Balaban J connectivity index is 2.46. The van der Waals surface area contributed by atoms with Crippen LogP contribution in [0, 0.1) is 41.6 Å². The van der Waals surface area contributed by atoms with Crippen LogP contribution in [0.3, 0.4) is 0 Å². The normalized spacial score (nSPS) is 9.84. The van der Waals surface area contributed by atoms with Crippen LogP contribution in [-0.4, -0.2) is 19.8 Å². The first kappa shape index (κ1) is 18.5. The number of thiocyanates is 2. The molecule has 0 aliphatic rings. The molecule has 0 atom stereocenters. The fourth-order valence-electron chi connectivity index (χ4n) is 1.58. The van der Waals surface area contributed by atoms with Crippen molar-refractivity contribution in [3.05, 3.63) is 44.5 Å². The standard InChI is InChI=1S/C12H4N6O4S3/c13-5-23-9-3-1-7(11(15-9)17(19)20)25-8-2-4-10(24-6-14)16-12(8)18(21)22/h1-4H. The molecule has 0 saturated heterocycles. The fraction of sp³-hybridized carbons (Fsp3) is 0. The minimum absolute atomic E-state index is 0.0675. The van der Waals surface area contributed by atoms with Crippen molar-refractivity contribution in [3.63, 3.8) is 0 Å². The van der Waals surface area contributed by atoms with Gasteiger partial charge in [-0.05, 0) is 44.1 Å². The molecule has 0 fully saturated rings. The van der Waals surface area contributed by atoms with Gasteiger partial charge in [-0.25, -0.2) is 0 Å². The maximum atomic E-state index is 11.2. The molecule has 0 radical (unpaired) electrons. The van der Waals surface area contributed by atoms with E-state index in [0.717, 1.165) is 11.8 Å². The molecule has 0 N–H and O–H groups in total. The van der Waals surface area contributed by atoms with Gasteiger partial charge in [0, 0.05) is 23.5 Å². The summed E-state index contributed by atoms with van der Waals surface area (Å²) in [5.74, 6) is -1.04. The molecule has 0 unspecified atom stereocenters. The van der Waals surface area contributed by atoms with Crippen LogP contribution < -0.4 is 0 Å². The Bertz CT molecular complexity index is 864. The molecule has 13 heteroatoms. The third-order valence-corrected chi connectivity index (χ3v) is 4.63. The van der Waals surface area contributed by atoms with Crippen LogP contribution in [0.4, 0.5) is 11.6 Å². The predicted molar refractivity (Wildman–Crippen MR) is 88.8 cm³/mol. The van der Waals surface area contributed by atoms with E-state index in [1.807, 2.05) is 0 Å². The molecule has 0 aliphatic carbocycles. The minimum atomic E-state index is -0.733. The van der Waals surface area contributed by atoms with E-state index < -0.39 is 21.5 Å². The van der Waals surface area contributed by atoms with Gasteiger partial charge in [0.2, 0.25) is 10.1 Å². The average Bonchev–Trinajstić information content (AvgIpc) is 2.57. The van der Waals surface area contributed by atoms with Gasteiger partial charge in [0.05, 0.1) is 0 Å². The third kappa shape index (κ3) is 4.57. The van der Waals surface area contributed by atoms with Gasteiger partial charge in [0.1, 0.15) is 20.6 Å². The maximum absolute atomic E-state index is 11.2. The first-order valence-electron chi connectivity index (χ1n) is 6.07. The SMILES string of the molecule is N#CSc1ccc(Sc2ccc(SC#N)nc2[N+](=O)[O-])c([N+](=O)[O-])n1. The third-order valence-electron chi connectivity index (χ3n) is 2.49. The number of hydrogen-bond acceptors (Lipinski definition) is 11. The van der Waals surface area contributed by atoms with Crippen LogP contribution in [0.2, 0.25) is 0 Å². The molecule has 0 bridgehead atoms. The number of nitro groups is 2. The second kappa shape index (κ2) is 8.29. The summed E-state index contributed by atoms with van der Waals surface area (Å²) in [6, 6.07) is 5.53. The largest absolute Gasteiger partial charge is 0.378 e. The van der Waals surface area contributed by atoms with E-state index >= 15 is 0 Å². The van der Waals surface area contributed by atoms with Gasteiger partial charge in [-0.3, -0.25) is 0 Å². The Morgan fingerprint density at radius 3 is 1.56 bits per heavy atom. The van der Waals surface area contributed by atoms with Crippen molar-refractivity contribution in [2.75, 3.05) is 0 Å². The average molecular weight is 392 g/mol. The lowest BCUT2D eigenvalue weighted by molar-refractivity contribution is -0.393. The first-order valence-corrected chi connectivity index (χ1v) is 8.51. The van der Waals surface area contributed by atoms with Crippen molar-refractivity contribution >= 4 is 46.9 Å². The summed E-state index contributed by atoms with van der Waals surface area (Å²) in [6.45, 7) is 0. The summed E-state index contributed by atoms with van der Waals surface area (Å²) in [7, 11) is 0. The lowest BCUT2D eigenvalue weighted by atomic mass is 10.4. The lowest BCUT2D eigenvalue weighted by Crippen LogP contribution is -1.98. The zero-order valence-electron chi connectivity index (χ0n) is 11.9. The molecular weight excluding hydrogens is 388 g/mol. The summed E-state index contributed by atoms with van der Waals surface area (Å²) < 4.78 is 0. The van der Waals surface area contributed by atoms with Gasteiger partial charge in [-0.1, -0.05) is 11.8 Å². The number of pyridine rings is 2. The number of nitriles is 2. The second-order valence-corrected chi connectivity index (χ2v) is 6.64. The number of hydrogen-bond donors (Lipinski definition) is 0. The second-order valence-electron chi connectivity index (χ2n) is 3.95. The first-order chi connectivity index (χ1) is 12.0. The fourth-order valence-corrected chi connectivity index (χ4v) is 3.24. The van der Waals surface area contributed by atoms with Crippen LogP contribution in [0.5, 0.6) is 0 Å². The van der Waals surface area contributed by atoms with Crippen LogP contribution in [-0.2, 0) is 0 Å². The van der Waals surface area contributed by atoms with Crippen LogP contribution in [0.1, 0.15) is 0 Å². The molecule has 0 spiro atoms. The van der Waals surface area contributed by atoms with E-state index in [1.54, 1.807) is 10.8 Å². The highest BCUT2D eigenvalue weighted by Crippen LogP contribution is 2.39. The number of aromatic nitrogens is 2. The Hall–Kier alpha value is -2.87. The molecular formula is C12H4N6O4S3. The van der Waals surface area contributed by atoms with Crippen LogP contribution >= 0.6 is 35.3 Å². The molecule has 25 heavy (non-hydrogen) atoms. The Labute approximate surface area is 152 Å². The molecule has 2 rings (SSSR count). The van der Waals surface area contributed by atoms with Crippen LogP contribution in [0.25, 0.3) is 0 Å². The topological polar surface area (TPSA) is 160 Å². The molecule has 2 heterocycles. The van der Waals surface area contributed by atoms with E-state index in [1.165, 1.54) is 24.3 Å². The van der Waals surface area contributed by atoms with Crippen molar-refractivity contribution in [3.8, 4) is 10.8 Å². The van der Waals surface area contributed by atoms with Gasteiger partial charge in [0.25, 0.3) is 0 Å². The van der Waals surface area contributed by atoms with E-state index in [0.29, 0.717) is 23.5 Å². The van der Waals surface area contributed by atoms with Gasteiger partial charge in [-0.15, -0.1) is 0 Å². The molecule has 0 aromatic carbocycles. The summed E-state index contributed by atoms with van der Waals surface area (Å²) in [6.07, 6.45) is 0. The van der Waals surface area contributed by atoms with Gasteiger partial charge < -0.3 is 20.2 Å². The summed E-state index contributed by atoms with van der Waals surface area (Å²) in [5.41, 5.74) is 0. The zero-order chi connectivity index (χ0) is 18.4. The summed E-state index contributed by atoms with van der Waals surface area (Å²) in [5, 5.41) is 43.4. The van der Waals surface area contributed by atoms with Crippen molar-refractivity contribution in [1.82, 2.24) is 9.97 Å². The predicted octanol–water partition coefficient (Wildman–Crippen LogP) is 3.59. The minimum Gasteiger partial charge on any atom is -0.358 e. The quantitative estimate of drug-likeness (QED) is 0.306. The number of thioether (sulfide) groups is 2.